The molecule has 0 aliphatic rings. The van der Waals surface area contributed by atoms with Crippen LogP contribution in [0.2, 0.25) is 10.0 Å². The molecule has 0 unspecified atom stereocenters. The fourth-order valence-electron chi connectivity index (χ4n) is 2.76. The Morgan fingerprint density at radius 2 is 1.72 bits per heavy atom. The highest BCUT2D eigenvalue weighted by Crippen LogP contribution is 2.25. The van der Waals surface area contributed by atoms with Gasteiger partial charge in [-0.2, -0.15) is 0 Å². The van der Waals surface area contributed by atoms with E-state index in [1.54, 1.807) is 17.9 Å². The minimum Gasteiger partial charge on any atom is -0.355 e. The average Bonchev–Trinajstić information content (AvgIpc) is 2.69. The number of halogens is 2. The third-order valence-electron chi connectivity index (χ3n) is 4.47. The first-order chi connectivity index (χ1) is 13.8. The summed E-state index contributed by atoms with van der Waals surface area (Å²) in [4.78, 5) is 26.9. The van der Waals surface area contributed by atoms with Gasteiger partial charge in [0.1, 0.15) is 6.04 Å². The van der Waals surface area contributed by atoms with Crippen molar-refractivity contribution in [3.8, 4) is 0 Å². The number of hydrogen-bond donors (Lipinski definition) is 1. The summed E-state index contributed by atoms with van der Waals surface area (Å²) in [7, 11) is 0. The molecular weight excluding hydrogens is 427 g/mol. The zero-order chi connectivity index (χ0) is 21.4. The number of carbonyl (C=O) groups is 2. The van der Waals surface area contributed by atoms with Crippen molar-refractivity contribution in [2.45, 2.75) is 39.1 Å². The van der Waals surface area contributed by atoms with Crippen molar-refractivity contribution < 1.29 is 9.59 Å². The molecule has 0 saturated carbocycles. The quantitative estimate of drug-likeness (QED) is 0.576. The molecule has 0 aliphatic carbocycles. The van der Waals surface area contributed by atoms with E-state index in [4.69, 9.17) is 23.2 Å². The SMILES string of the molecule is CCNC(=O)[C@@H](C)N(Cc1ccc(C)cc1)C(=O)CSCc1ccc(Cl)c(Cl)c1. The number of hydrogen-bond acceptors (Lipinski definition) is 3. The van der Waals surface area contributed by atoms with E-state index in [2.05, 4.69) is 5.32 Å². The number of nitrogens with one attached hydrogen (secondary N) is 1. The van der Waals surface area contributed by atoms with Crippen LogP contribution in [0, 0.1) is 6.92 Å². The minimum atomic E-state index is -0.547. The zero-order valence-electron chi connectivity index (χ0n) is 16.9. The first kappa shape index (κ1) is 23.6. The summed E-state index contributed by atoms with van der Waals surface area (Å²) in [6.07, 6.45) is 0. The molecule has 0 aliphatic heterocycles. The lowest BCUT2D eigenvalue weighted by atomic mass is 10.1. The fraction of sp³-hybridized carbons (Fsp3) is 0.364. The van der Waals surface area contributed by atoms with Crippen molar-refractivity contribution in [3.05, 3.63) is 69.2 Å². The summed E-state index contributed by atoms with van der Waals surface area (Å²) in [6, 6.07) is 12.9. The number of benzene rings is 2. The highest BCUT2D eigenvalue weighted by Gasteiger charge is 2.25. The first-order valence-corrected chi connectivity index (χ1v) is 11.4. The zero-order valence-corrected chi connectivity index (χ0v) is 19.2. The predicted octanol–water partition coefficient (Wildman–Crippen LogP) is 5.09. The lowest BCUT2D eigenvalue weighted by Crippen LogP contribution is -2.48. The first-order valence-electron chi connectivity index (χ1n) is 9.46. The molecule has 2 rings (SSSR count). The Morgan fingerprint density at radius 3 is 2.34 bits per heavy atom. The molecule has 156 valence electrons. The van der Waals surface area contributed by atoms with Crippen molar-refractivity contribution in [2.24, 2.45) is 0 Å². The van der Waals surface area contributed by atoms with Crippen LogP contribution in [-0.2, 0) is 21.9 Å². The smallest absolute Gasteiger partial charge is 0.242 e. The van der Waals surface area contributed by atoms with Crippen molar-refractivity contribution in [2.75, 3.05) is 12.3 Å². The maximum atomic E-state index is 13.0. The van der Waals surface area contributed by atoms with E-state index in [1.807, 2.05) is 50.2 Å². The monoisotopic (exact) mass is 452 g/mol. The summed E-state index contributed by atoms with van der Waals surface area (Å²) in [6.45, 7) is 6.57. The van der Waals surface area contributed by atoms with Crippen LogP contribution >= 0.6 is 35.0 Å². The average molecular weight is 453 g/mol. The van der Waals surface area contributed by atoms with Crippen LogP contribution in [0.1, 0.15) is 30.5 Å². The molecule has 2 aromatic carbocycles. The molecule has 2 aromatic rings. The van der Waals surface area contributed by atoms with Gasteiger partial charge in [-0.15, -0.1) is 11.8 Å². The van der Waals surface area contributed by atoms with Gasteiger partial charge in [0.05, 0.1) is 15.8 Å². The summed E-state index contributed by atoms with van der Waals surface area (Å²) >= 11 is 13.5. The second-order valence-corrected chi connectivity index (χ2v) is 8.62. The van der Waals surface area contributed by atoms with Gasteiger partial charge in [-0.1, -0.05) is 59.1 Å². The van der Waals surface area contributed by atoms with E-state index in [-0.39, 0.29) is 17.6 Å². The number of likely N-dealkylation sites (N-methyl/N-ethyl adjacent to an activating group) is 1. The van der Waals surface area contributed by atoms with Gasteiger partial charge in [-0.3, -0.25) is 9.59 Å². The molecule has 0 saturated heterocycles. The van der Waals surface area contributed by atoms with Crippen molar-refractivity contribution >= 4 is 46.8 Å². The van der Waals surface area contributed by atoms with E-state index >= 15 is 0 Å². The van der Waals surface area contributed by atoms with Gasteiger partial charge < -0.3 is 10.2 Å². The molecule has 29 heavy (non-hydrogen) atoms. The van der Waals surface area contributed by atoms with Crippen LogP contribution in [0.5, 0.6) is 0 Å². The van der Waals surface area contributed by atoms with Gasteiger partial charge in [0, 0.05) is 18.8 Å². The van der Waals surface area contributed by atoms with E-state index < -0.39 is 6.04 Å². The maximum absolute atomic E-state index is 13.0. The highest BCUT2D eigenvalue weighted by molar-refractivity contribution is 7.99. The van der Waals surface area contributed by atoms with Crippen LogP contribution in [0.25, 0.3) is 0 Å². The van der Waals surface area contributed by atoms with Gasteiger partial charge >= 0.3 is 0 Å². The van der Waals surface area contributed by atoms with Gasteiger partial charge in [-0.05, 0) is 44.0 Å². The Hall–Kier alpha value is -1.69. The molecule has 0 heterocycles. The van der Waals surface area contributed by atoms with E-state index in [1.165, 1.54) is 11.8 Å². The molecule has 7 heteroatoms. The fourth-order valence-corrected chi connectivity index (χ4v) is 3.94. The third kappa shape index (κ3) is 7.25. The molecule has 0 spiro atoms. The minimum absolute atomic E-state index is 0.0746. The number of thioether (sulfide) groups is 1. The van der Waals surface area contributed by atoms with Crippen LogP contribution in [0.3, 0.4) is 0 Å². The van der Waals surface area contributed by atoms with Crippen molar-refractivity contribution in [3.63, 3.8) is 0 Å². The Balaban J connectivity index is 2.05. The molecule has 0 fully saturated rings. The second kappa shape index (κ2) is 11.5. The van der Waals surface area contributed by atoms with Crippen LogP contribution in [-0.4, -0.2) is 35.1 Å². The Kier molecular flexibility index (Phi) is 9.34. The second-order valence-electron chi connectivity index (χ2n) is 6.82. The topological polar surface area (TPSA) is 49.4 Å². The normalized spacial score (nSPS) is 11.8. The third-order valence-corrected chi connectivity index (χ3v) is 6.20. The van der Waals surface area contributed by atoms with E-state index in [9.17, 15) is 9.59 Å². The molecule has 1 atom stereocenters. The summed E-state index contributed by atoms with van der Waals surface area (Å²) in [5, 5.41) is 3.81. The number of aryl methyl sites for hydroxylation is 1. The highest BCUT2D eigenvalue weighted by atomic mass is 35.5. The van der Waals surface area contributed by atoms with Crippen LogP contribution in [0.4, 0.5) is 0 Å². The van der Waals surface area contributed by atoms with Crippen molar-refractivity contribution in [1.82, 2.24) is 10.2 Å². The maximum Gasteiger partial charge on any atom is 0.242 e. The van der Waals surface area contributed by atoms with Gasteiger partial charge in [0.15, 0.2) is 0 Å². The molecule has 4 nitrogen and oxygen atoms in total. The standard InChI is InChI=1S/C22H26Cl2N2O2S/c1-4-25-22(28)16(3)26(12-17-7-5-15(2)6-8-17)21(27)14-29-13-18-9-10-19(23)20(24)11-18/h5-11,16H,4,12-14H2,1-3H3,(H,25,28)/t16-/m1/s1. The molecule has 0 aromatic heterocycles. The molecule has 1 N–H and O–H groups in total. The predicted molar refractivity (Wildman–Crippen MR) is 122 cm³/mol. The largest absolute Gasteiger partial charge is 0.355 e. The number of nitrogens with zero attached hydrogens (tertiary/aromatic N) is 1. The van der Waals surface area contributed by atoms with E-state index in [0.717, 1.165) is 16.7 Å². The van der Waals surface area contributed by atoms with Crippen LogP contribution < -0.4 is 5.32 Å². The van der Waals surface area contributed by atoms with Gasteiger partial charge in [0.2, 0.25) is 11.8 Å². The Bertz CT molecular complexity index is 843. The Morgan fingerprint density at radius 1 is 1.07 bits per heavy atom. The van der Waals surface area contributed by atoms with Gasteiger partial charge in [-0.25, -0.2) is 0 Å². The lowest BCUT2D eigenvalue weighted by molar-refractivity contribution is -0.138. The molecule has 2 amide bonds. The van der Waals surface area contributed by atoms with E-state index in [0.29, 0.717) is 28.9 Å². The van der Waals surface area contributed by atoms with Gasteiger partial charge in [0.25, 0.3) is 0 Å². The number of amides is 2. The molecule has 0 bridgehead atoms. The summed E-state index contributed by atoms with van der Waals surface area (Å²) in [5.41, 5.74) is 3.15. The summed E-state index contributed by atoms with van der Waals surface area (Å²) < 4.78 is 0. The number of carbonyl (C=O) groups excluding carboxylic acids is 2. The Labute approximate surface area is 187 Å². The van der Waals surface area contributed by atoms with Crippen LogP contribution in [0.15, 0.2) is 42.5 Å². The number of rotatable bonds is 9. The molecular formula is C22H26Cl2N2O2S. The molecule has 0 radical (unpaired) electrons. The van der Waals surface area contributed by atoms with Crippen molar-refractivity contribution in [1.29, 1.82) is 0 Å². The lowest BCUT2D eigenvalue weighted by Gasteiger charge is -2.28. The summed E-state index contributed by atoms with van der Waals surface area (Å²) in [5.74, 6) is 0.684.